The Hall–Kier alpha value is -2.28. The maximum Gasteiger partial charge on any atom is 0.306 e. The van der Waals surface area contributed by atoms with Gasteiger partial charge in [-0.2, -0.15) is 0 Å². The third-order valence-electron chi connectivity index (χ3n) is 4.87. The zero-order valence-corrected chi connectivity index (χ0v) is 13.7. The summed E-state index contributed by atoms with van der Waals surface area (Å²) in [6.07, 6.45) is 3.40. The number of pyridine rings is 1. The summed E-state index contributed by atoms with van der Waals surface area (Å²) >= 11 is 1.47. The molecule has 2 saturated carbocycles. The number of hydrogen-bond donors (Lipinski definition) is 2. The fourth-order valence-corrected chi connectivity index (χ4v) is 4.45. The van der Waals surface area contributed by atoms with Crippen LogP contribution in [0.5, 0.6) is 0 Å². The quantitative estimate of drug-likeness (QED) is 0.866. The van der Waals surface area contributed by atoms with Crippen molar-refractivity contribution in [2.24, 2.45) is 17.8 Å². The fraction of sp³-hybridized carbons (Fsp3) is 0.412. The number of fused-ring (bicyclic) bond motifs is 1. The summed E-state index contributed by atoms with van der Waals surface area (Å²) < 4.78 is 0. The molecule has 24 heavy (non-hydrogen) atoms. The highest BCUT2D eigenvalue weighted by atomic mass is 32.1. The maximum absolute atomic E-state index is 12.2. The van der Waals surface area contributed by atoms with E-state index in [2.05, 4.69) is 15.3 Å². The highest BCUT2D eigenvalue weighted by Crippen LogP contribution is 2.55. The molecule has 4 atom stereocenters. The third-order valence-corrected chi connectivity index (χ3v) is 5.79. The van der Waals surface area contributed by atoms with E-state index in [0.29, 0.717) is 12.3 Å². The topological polar surface area (TPSA) is 92.2 Å². The minimum atomic E-state index is -0.737. The minimum absolute atomic E-state index is 0.00232. The van der Waals surface area contributed by atoms with Crippen molar-refractivity contribution in [2.45, 2.75) is 25.3 Å². The smallest absolute Gasteiger partial charge is 0.306 e. The van der Waals surface area contributed by atoms with Crippen LogP contribution in [-0.2, 0) is 16.0 Å². The number of carboxylic acid groups (broad SMARTS) is 1. The monoisotopic (exact) mass is 343 g/mol. The molecule has 2 fully saturated rings. The molecule has 124 valence electrons. The molecule has 0 unspecified atom stereocenters. The largest absolute Gasteiger partial charge is 0.481 e. The van der Waals surface area contributed by atoms with Gasteiger partial charge in [0.1, 0.15) is 5.01 Å². The van der Waals surface area contributed by atoms with Gasteiger partial charge in [-0.3, -0.25) is 14.6 Å². The molecule has 2 aliphatic rings. The van der Waals surface area contributed by atoms with Crippen LogP contribution in [0.25, 0.3) is 10.7 Å². The summed E-state index contributed by atoms with van der Waals surface area (Å²) in [4.78, 5) is 32.1. The van der Waals surface area contributed by atoms with Crippen molar-refractivity contribution in [3.63, 3.8) is 0 Å². The summed E-state index contributed by atoms with van der Waals surface area (Å²) in [6.45, 7) is 0. The maximum atomic E-state index is 12.2. The van der Waals surface area contributed by atoms with Crippen molar-refractivity contribution in [1.29, 1.82) is 0 Å². The normalized spacial score (nSPS) is 27.5. The molecule has 2 heterocycles. The Morgan fingerprint density at radius 2 is 2.17 bits per heavy atom. The number of rotatable bonds is 5. The Kier molecular flexibility index (Phi) is 3.80. The molecule has 2 N–H and O–H groups in total. The van der Waals surface area contributed by atoms with Crippen LogP contribution in [0.4, 0.5) is 0 Å². The molecular formula is C17H17N3O3S. The van der Waals surface area contributed by atoms with Crippen molar-refractivity contribution >= 4 is 23.2 Å². The number of carbonyl (C=O) groups is 2. The zero-order valence-electron chi connectivity index (χ0n) is 12.9. The lowest BCUT2D eigenvalue weighted by atomic mass is 10.0. The Balaban J connectivity index is 1.36. The number of aliphatic carboxylic acids is 1. The van der Waals surface area contributed by atoms with Gasteiger partial charge >= 0.3 is 5.97 Å². The molecule has 2 aromatic rings. The average Bonchev–Trinajstić information content (AvgIpc) is 3.08. The number of amides is 1. The van der Waals surface area contributed by atoms with Crippen LogP contribution in [-0.4, -0.2) is 33.0 Å². The van der Waals surface area contributed by atoms with Gasteiger partial charge in [-0.1, -0.05) is 6.07 Å². The molecule has 0 spiro atoms. The Bertz CT molecular complexity index is 776. The summed E-state index contributed by atoms with van der Waals surface area (Å²) in [5, 5.41) is 14.9. The van der Waals surface area contributed by atoms with E-state index >= 15 is 0 Å². The van der Waals surface area contributed by atoms with Crippen molar-refractivity contribution in [3.05, 3.63) is 35.5 Å². The number of thiazole rings is 1. The first-order valence-electron chi connectivity index (χ1n) is 8.00. The second-order valence-corrected chi connectivity index (χ2v) is 7.31. The number of carbonyl (C=O) groups excluding carboxylic acids is 1. The van der Waals surface area contributed by atoms with Gasteiger partial charge in [-0.15, -0.1) is 11.3 Å². The van der Waals surface area contributed by atoms with E-state index in [1.165, 1.54) is 11.3 Å². The predicted octanol–water partition coefficient (Wildman–Crippen LogP) is 1.97. The first-order valence-corrected chi connectivity index (χ1v) is 8.88. The van der Waals surface area contributed by atoms with Crippen LogP contribution in [0, 0.1) is 17.8 Å². The van der Waals surface area contributed by atoms with E-state index in [-0.39, 0.29) is 30.2 Å². The molecule has 0 radical (unpaired) electrons. The first-order chi connectivity index (χ1) is 11.6. The van der Waals surface area contributed by atoms with Crippen molar-refractivity contribution < 1.29 is 14.7 Å². The average molecular weight is 343 g/mol. The van der Waals surface area contributed by atoms with E-state index < -0.39 is 5.97 Å². The van der Waals surface area contributed by atoms with Crippen molar-refractivity contribution in [1.82, 2.24) is 15.3 Å². The van der Waals surface area contributed by atoms with Crippen molar-refractivity contribution in [3.8, 4) is 10.7 Å². The lowest BCUT2D eigenvalue weighted by Gasteiger charge is -2.15. The van der Waals surface area contributed by atoms with E-state index in [9.17, 15) is 14.7 Å². The molecule has 0 bridgehead atoms. The molecule has 0 saturated heterocycles. The zero-order chi connectivity index (χ0) is 16.7. The van der Waals surface area contributed by atoms with Gasteiger partial charge in [0.25, 0.3) is 0 Å². The molecule has 2 aliphatic carbocycles. The number of nitrogens with one attached hydrogen (secondary N) is 1. The molecule has 0 aliphatic heterocycles. The summed E-state index contributed by atoms with van der Waals surface area (Å²) in [6, 6.07) is 5.64. The van der Waals surface area contributed by atoms with Gasteiger partial charge in [0.2, 0.25) is 5.91 Å². The number of nitrogens with zero attached hydrogens (tertiary/aromatic N) is 2. The van der Waals surface area contributed by atoms with Crippen LogP contribution in [0.1, 0.15) is 18.5 Å². The van der Waals surface area contributed by atoms with Gasteiger partial charge in [-0.25, -0.2) is 4.98 Å². The van der Waals surface area contributed by atoms with Gasteiger partial charge in [0, 0.05) is 17.6 Å². The number of carboxylic acids is 1. The molecule has 7 heteroatoms. The second-order valence-electron chi connectivity index (χ2n) is 6.45. The number of aromatic nitrogens is 2. The lowest BCUT2D eigenvalue weighted by molar-refractivity contribution is -0.142. The Morgan fingerprint density at radius 3 is 2.88 bits per heavy atom. The molecule has 0 aromatic carbocycles. The third kappa shape index (κ3) is 2.91. The van der Waals surface area contributed by atoms with Crippen LogP contribution in [0.3, 0.4) is 0 Å². The summed E-state index contributed by atoms with van der Waals surface area (Å²) in [5.74, 6) is -0.527. The molecule has 2 aromatic heterocycles. The fourth-order valence-electron chi connectivity index (χ4n) is 3.65. The van der Waals surface area contributed by atoms with Gasteiger partial charge in [0.15, 0.2) is 0 Å². The Morgan fingerprint density at radius 1 is 1.29 bits per heavy atom. The second kappa shape index (κ2) is 5.98. The lowest BCUT2D eigenvalue weighted by Crippen LogP contribution is -2.37. The van der Waals surface area contributed by atoms with Gasteiger partial charge in [-0.05, 0) is 36.8 Å². The SMILES string of the molecule is O=C(Cc1csc(-c2ccccn2)n1)N[C@H]1C[C@@H](C(=O)O)[C@@H]2C[C@@H]21. The van der Waals surface area contributed by atoms with E-state index in [1.807, 2.05) is 23.6 Å². The molecule has 1 amide bonds. The molecule has 6 nitrogen and oxygen atoms in total. The standard InChI is InChI=1S/C17H17N3O3S/c21-15(20-14-7-12(17(22)23)10-6-11(10)14)5-9-8-24-16(19-9)13-3-1-2-4-18-13/h1-4,8,10-12,14H,5-7H2,(H,20,21)(H,22,23)/t10-,11+,12-,14+/m1/s1. The first kappa shape index (κ1) is 15.3. The molecular weight excluding hydrogens is 326 g/mol. The van der Waals surface area contributed by atoms with Crippen LogP contribution in [0.15, 0.2) is 29.8 Å². The van der Waals surface area contributed by atoms with E-state index in [1.54, 1.807) is 6.20 Å². The Labute approximate surface area is 143 Å². The van der Waals surface area contributed by atoms with E-state index in [4.69, 9.17) is 0 Å². The predicted molar refractivity (Wildman–Crippen MR) is 88.3 cm³/mol. The summed E-state index contributed by atoms with van der Waals surface area (Å²) in [5.41, 5.74) is 1.52. The summed E-state index contributed by atoms with van der Waals surface area (Å²) in [7, 11) is 0. The van der Waals surface area contributed by atoms with Crippen LogP contribution < -0.4 is 5.32 Å². The molecule has 4 rings (SSSR count). The van der Waals surface area contributed by atoms with Crippen molar-refractivity contribution in [2.75, 3.05) is 0 Å². The highest BCUT2D eigenvalue weighted by molar-refractivity contribution is 7.13. The van der Waals surface area contributed by atoms with Gasteiger partial charge < -0.3 is 10.4 Å². The van der Waals surface area contributed by atoms with E-state index in [0.717, 1.165) is 22.8 Å². The van der Waals surface area contributed by atoms with Crippen LogP contribution in [0.2, 0.25) is 0 Å². The van der Waals surface area contributed by atoms with Gasteiger partial charge in [0.05, 0.1) is 23.7 Å². The highest BCUT2D eigenvalue weighted by Gasteiger charge is 2.57. The van der Waals surface area contributed by atoms with Crippen LogP contribution >= 0.6 is 11.3 Å². The minimum Gasteiger partial charge on any atom is -0.481 e. The number of hydrogen-bond acceptors (Lipinski definition) is 5.